The number of ether oxygens (including phenoxy) is 1. The Hall–Kier alpha value is -2.16. The van der Waals surface area contributed by atoms with Gasteiger partial charge in [0.05, 0.1) is 12.8 Å². The van der Waals surface area contributed by atoms with Crippen molar-refractivity contribution in [3.8, 4) is 5.75 Å². The van der Waals surface area contributed by atoms with Crippen LogP contribution in [0.2, 0.25) is 0 Å². The van der Waals surface area contributed by atoms with Gasteiger partial charge in [0.1, 0.15) is 5.75 Å². The van der Waals surface area contributed by atoms with E-state index in [-0.39, 0.29) is 0 Å². The Morgan fingerprint density at radius 1 is 1.16 bits per heavy atom. The highest BCUT2D eigenvalue weighted by molar-refractivity contribution is 5.65. The van der Waals surface area contributed by atoms with Crippen LogP contribution in [0.1, 0.15) is 16.7 Å². The summed E-state index contributed by atoms with van der Waals surface area (Å²) >= 11 is 0. The van der Waals surface area contributed by atoms with Crippen LogP contribution in [0.4, 0.5) is 11.4 Å². The van der Waals surface area contributed by atoms with Crippen molar-refractivity contribution >= 4 is 11.4 Å². The molecule has 0 bridgehead atoms. The smallest absolute Gasteiger partial charge is 0.142 e. The van der Waals surface area contributed by atoms with Gasteiger partial charge in [0.2, 0.25) is 0 Å². The molecule has 3 heteroatoms. The fourth-order valence-corrected chi connectivity index (χ4v) is 2.67. The second-order valence-electron chi connectivity index (χ2n) is 5.02. The first-order chi connectivity index (χ1) is 9.19. The predicted molar refractivity (Wildman–Crippen MR) is 78.5 cm³/mol. The zero-order chi connectivity index (χ0) is 13.4. The lowest BCUT2D eigenvalue weighted by atomic mass is 10.1. The van der Waals surface area contributed by atoms with Gasteiger partial charge >= 0.3 is 0 Å². The zero-order valence-electron chi connectivity index (χ0n) is 11.3. The van der Waals surface area contributed by atoms with Crippen molar-refractivity contribution < 1.29 is 4.74 Å². The maximum Gasteiger partial charge on any atom is 0.142 e. The van der Waals surface area contributed by atoms with Crippen LogP contribution in [0.5, 0.6) is 5.75 Å². The van der Waals surface area contributed by atoms with Gasteiger partial charge in [0.15, 0.2) is 0 Å². The van der Waals surface area contributed by atoms with Crippen LogP contribution in [0, 0.1) is 6.92 Å². The summed E-state index contributed by atoms with van der Waals surface area (Å²) in [5, 5.41) is 0. The second-order valence-corrected chi connectivity index (χ2v) is 5.02. The van der Waals surface area contributed by atoms with E-state index in [4.69, 9.17) is 10.5 Å². The molecule has 19 heavy (non-hydrogen) atoms. The van der Waals surface area contributed by atoms with Crippen molar-refractivity contribution in [2.45, 2.75) is 20.0 Å². The summed E-state index contributed by atoms with van der Waals surface area (Å²) in [6.07, 6.45) is 0. The molecule has 0 saturated carbocycles. The van der Waals surface area contributed by atoms with E-state index in [0.29, 0.717) is 0 Å². The molecule has 2 aromatic carbocycles. The number of hydrogen-bond acceptors (Lipinski definition) is 3. The summed E-state index contributed by atoms with van der Waals surface area (Å²) in [5.41, 5.74) is 11.9. The number of nitrogens with two attached hydrogens (primary N) is 1. The molecule has 0 fully saturated rings. The van der Waals surface area contributed by atoms with E-state index in [1.54, 1.807) is 7.11 Å². The van der Waals surface area contributed by atoms with Gasteiger partial charge < -0.3 is 15.4 Å². The van der Waals surface area contributed by atoms with Crippen LogP contribution < -0.4 is 15.4 Å². The fourth-order valence-electron chi connectivity index (χ4n) is 2.67. The van der Waals surface area contributed by atoms with Gasteiger partial charge in [0.25, 0.3) is 0 Å². The Morgan fingerprint density at radius 3 is 2.74 bits per heavy atom. The van der Waals surface area contributed by atoms with Crippen LogP contribution in [0.15, 0.2) is 36.4 Å². The van der Waals surface area contributed by atoms with E-state index in [1.165, 1.54) is 16.7 Å². The molecule has 0 aliphatic carbocycles. The first-order valence-corrected chi connectivity index (χ1v) is 6.45. The number of nitrogen functional groups attached to an aromatic ring is 1. The third-order valence-corrected chi connectivity index (χ3v) is 3.69. The van der Waals surface area contributed by atoms with Crippen LogP contribution >= 0.6 is 0 Å². The maximum atomic E-state index is 6.05. The van der Waals surface area contributed by atoms with E-state index in [2.05, 4.69) is 30.0 Å². The van der Waals surface area contributed by atoms with Crippen molar-refractivity contribution in [2.75, 3.05) is 17.7 Å². The van der Waals surface area contributed by atoms with Crippen LogP contribution in [0.25, 0.3) is 0 Å². The summed E-state index contributed by atoms with van der Waals surface area (Å²) in [4.78, 5) is 2.31. The highest BCUT2D eigenvalue weighted by Gasteiger charge is 2.23. The normalized spacial score (nSPS) is 13.5. The molecule has 3 nitrogen and oxygen atoms in total. The minimum Gasteiger partial charge on any atom is -0.495 e. The van der Waals surface area contributed by atoms with E-state index >= 15 is 0 Å². The number of anilines is 2. The first-order valence-electron chi connectivity index (χ1n) is 6.45. The molecule has 0 amide bonds. The van der Waals surface area contributed by atoms with Crippen molar-refractivity contribution in [3.05, 3.63) is 53.1 Å². The summed E-state index contributed by atoms with van der Waals surface area (Å²) in [6, 6.07) is 12.4. The average Bonchev–Trinajstić information content (AvgIpc) is 2.84. The van der Waals surface area contributed by atoms with Crippen LogP contribution in [-0.2, 0) is 13.1 Å². The molecule has 1 aliphatic heterocycles. The molecule has 0 saturated heterocycles. The summed E-state index contributed by atoms with van der Waals surface area (Å²) in [7, 11) is 1.71. The third-order valence-electron chi connectivity index (χ3n) is 3.69. The minimum absolute atomic E-state index is 0.849. The summed E-state index contributed by atoms with van der Waals surface area (Å²) in [6.45, 7) is 3.84. The molecule has 98 valence electrons. The second kappa shape index (κ2) is 4.50. The van der Waals surface area contributed by atoms with Gasteiger partial charge in [-0.2, -0.15) is 0 Å². The first kappa shape index (κ1) is 11.9. The van der Waals surface area contributed by atoms with Gasteiger partial charge in [-0.05, 0) is 41.8 Å². The molecule has 0 spiro atoms. The number of hydrogen-bond donors (Lipinski definition) is 1. The molecular formula is C16H18N2O. The monoisotopic (exact) mass is 254 g/mol. The van der Waals surface area contributed by atoms with Gasteiger partial charge in [-0.15, -0.1) is 0 Å². The van der Waals surface area contributed by atoms with Gasteiger partial charge in [-0.3, -0.25) is 0 Å². The Bertz CT molecular complexity index is 622. The zero-order valence-corrected chi connectivity index (χ0v) is 11.3. The Balaban J connectivity index is 1.99. The summed E-state index contributed by atoms with van der Waals surface area (Å²) < 4.78 is 5.47. The Kier molecular flexibility index (Phi) is 2.82. The molecule has 3 rings (SSSR count). The number of rotatable bonds is 2. The lowest BCUT2D eigenvalue weighted by Crippen LogP contribution is -2.15. The van der Waals surface area contributed by atoms with Crippen molar-refractivity contribution in [3.63, 3.8) is 0 Å². The molecule has 0 unspecified atom stereocenters. The number of methoxy groups -OCH3 is 1. The Morgan fingerprint density at radius 2 is 2.00 bits per heavy atom. The van der Waals surface area contributed by atoms with Crippen molar-refractivity contribution in [1.82, 2.24) is 0 Å². The van der Waals surface area contributed by atoms with Gasteiger partial charge in [-0.25, -0.2) is 0 Å². The van der Waals surface area contributed by atoms with E-state index < -0.39 is 0 Å². The summed E-state index contributed by atoms with van der Waals surface area (Å²) in [5.74, 6) is 0.914. The molecule has 1 heterocycles. The quantitative estimate of drug-likeness (QED) is 0.837. The Labute approximate surface area is 113 Å². The number of aryl methyl sites for hydroxylation is 1. The molecular weight excluding hydrogens is 236 g/mol. The predicted octanol–water partition coefficient (Wildman–Crippen LogP) is 3.11. The maximum absolute atomic E-state index is 6.05. The molecule has 0 atom stereocenters. The SMILES string of the molecule is COc1ccc(C)cc1N1Cc2cccc(N)c2C1. The molecule has 2 N–H and O–H groups in total. The fraction of sp³-hybridized carbons (Fsp3) is 0.250. The lowest BCUT2D eigenvalue weighted by molar-refractivity contribution is 0.414. The largest absolute Gasteiger partial charge is 0.495 e. The van der Waals surface area contributed by atoms with Crippen molar-refractivity contribution in [2.24, 2.45) is 0 Å². The third kappa shape index (κ3) is 2.01. The van der Waals surface area contributed by atoms with E-state index in [0.717, 1.165) is 30.2 Å². The van der Waals surface area contributed by atoms with Gasteiger partial charge in [0, 0.05) is 18.8 Å². The van der Waals surface area contributed by atoms with Crippen LogP contribution in [-0.4, -0.2) is 7.11 Å². The molecule has 0 aromatic heterocycles. The highest BCUT2D eigenvalue weighted by Crippen LogP contribution is 2.36. The van der Waals surface area contributed by atoms with Crippen molar-refractivity contribution in [1.29, 1.82) is 0 Å². The molecule has 1 aliphatic rings. The molecule has 0 radical (unpaired) electrons. The lowest BCUT2D eigenvalue weighted by Gasteiger charge is -2.21. The van der Waals surface area contributed by atoms with Crippen LogP contribution in [0.3, 0.4) is 0 Å². The number of benzene rings is 2. The standard InChI is InChI=1S/C16H18N2O/c1-11-6-7-16(19-2)15(8-11)18-9-12-4-3-5-14(17)13(12)10-18/h3-8H,9-10,17H2,1-2H3. The van der Waals surface area contributed by atoms with Gasteiger partial charge in [-0.1, -0.05) is 18.2 Å². The number of nitrogens with zero attached hydrogens (tertiary/aromatic N) is 1. The highest BCUT2D eigenvalue weighted by atomic mass is 16.5. The van der Waals surface area contributed by atoms with E-state index in [9.17, 15) is 0 Å². The van der Waals surface area contributed by atoms with E-state index in [1.807, 2.05) is 18.2 Å². The molecule has 2 aromatic rings. The minimum atomic E-state index is 0.849. The topological polar surface area (TPSA) is 38.5 Å². The number of fused-ring (bicyclic) bond motifs is 1. The average molecular weight is 254 g/mol.